The molecule has 0 bridgehead atoms. The van der Waals surface area contributed by atoms with Gasteiger partial charge < -0.3 is 30.3 Å². The highest BCUT2D eigenvalue weighted by Gasteiger charge is 2.48. The van der Waals surface area contributed by atoms with Crippen LogP contribution in [0.2, 0.25) is 0 Å². The number of nitrogens with zero attached hydrogens (tertiary/aromatic N) is 1. The van der Waals surface area contributed by atoms with E-state index < -0.39 is 47.9 Å². The van der Waals surface area contributed by atoms with Gasteiger partial charge in [-0.1, -0.05) is 25.9 Å². The fraction of sp³-hybridized carbons (Fsp3) is 0.682. The highest BCUT2D eigenvalue weighted by Crippen LogP contribution is 2.47. The van der Waals surface area contributed by atoms with Crippen molar-refractivity contribution >= 4 is 23.5 Å². The molecule has 0 saturated heterocycles. The van der Waals surface area contributed by atoms with Crippen molar-refractivity contribution in [3.8, 4) is 0 Å². The third-order valence-corrected chi connectivity index (χ3v) is 5.57. The quantitative estimate of drug-likeness (QED) is 0.319. The van der Waals surface area contributed by atoms with E-state index >= 15 is 0 Å². The Kier molecular flexibility index (Phi) is 9.12. The second-order valence-electron chi connectivity index (χ2n) is 9.16. The van der Waals surface area contributed by atoms with Crippen LogP contribution in [0.1, 0.15) is 56.3 Å². The minimum atomic E-state index is -1.33. The van der Waals surface area contributed by atoms with E-state index in [0.717, 1.165) is 12.8 Å². The molecule has 0 spiro atoms. The van der Waals surface area contributed by atoms with Crippen LogP contribution in [0.3, 0.4) is 0 Å². The van der Waals surface area contributed by atoms with Crippen molar-refractivity contribution in [1.82, 2.24) is 21.1 Å². The maximum atomic E-state index is 12.9. The standard InChI is InChI=1S/C22H34N4O7/c1-12(2)8-14(18(28)22(4)6-7-22)23-21(31)17(11-32-5)25-20(30)16(10-27)24-19(29)15-9-13(3)33-26-15/h9,12,14,16-17,27H,6-8,10-11H2,1-5H3,(H,23,31)(H,24,29)(H,25,30)/t14-,16-,17-/m0/s1. The Morgan fingerprint density at radius 3 is 2.21 bits per heavy atom. The second kappa shape index (κ2) is 11.4. The summed E-state index contributed by atoms with van der Waals surface area (Å²) in [6.07, 6.45) is 2.05. The van der Waals surface area contributed by atoms with Gasteiger partial charge in [-0.3, -0.25) is 19.2 Å². The van der Waals surface area contributed by atoms with Gasteiger partial charge in [-0.2, -0.15) is 0 Å². The average molecular weight is 467 g/mol. The molecule has 0 radical (unpaired) electrons. The monoisotopic (exact) mass is 466 g/mol. The first-order valence-corrected chi connectivity index (χ1v) is 11.0. The molecule has 0 unspecified atom stereocenters. The van der Waals surface area contributed by atoms with Crippen molar-refractivity contribution in [3.63, 3.8) is 0 Å². The fourth-order valence-corrected chi connectivity index (χ4v) is 3.35. The number of ether oxygens (including phenoxy) is 1. The molecule has 184 valence electrons. The predicted octanol–water partition coefficient (Wildman–Crippen LogP) is 0.105. The first kappa shape index (κ1) is 26.5. The molecule has 2 rings (SSSR count). The van der Waals surface area contributed by atoms with Crippen molar-refractivity contribution in [2.45, 2.75) is 65.1 Å². The number of methoxy groups -OCH3 is 1. The van der Waals surface area contributed by atoms with Crippen molar-refractivity contribution < 1.29 is 33.5 Å². The summed E-state index contributed by atoms with van der Waals surface area (Å²) in [5, 5.41) is 20.7. The summed E-state index contributed by atoms with van der Waals surface area (Å²) in [5.74, 6) is -1.52. The van der Waals surface area contributed by atoms with Crippen LogP contribution in [0.4, 0.5) is 0 Å². The Labute approximate surface area is 193 Å². The summed E-state index contributed by atoms with van der Waals surface area (Å²) in [7, 11) is 1.37. The number of aliphatic hydroxyl groups excluding tert-OH is 1. The van der Waals surface area contributed by atoms with Crippen molar-refractivity contribution in [1.29, 1.82) is 0 Å². The molecule has 3 amide bonds. The van der Waals surface area contributed by atoms with Gasteiger partial charge in [0, 0.05) is 18.6 Å². The van der Waals surface area contributed by atoms with E-state index in [1.807, 2.05) is 20.8 Å². The summed E-state index contributed by atoms with van der Waals surface area (Å²) in [4.78, 5) is 50.7. The van der Waals surface area contributed by atoms with Gasteiger partial charge in [-0.25, -0.2) is 0 Å². The van der Waals surface area contributed by atoms with E-state index in [1.165, 1.54) is 13.2 Å². The topological polar surface area (TPSA) is 160 Å². The number of aliphatic hydroxyl groups is 1. The highest BCUT2D eigenvalue weighted by molar-refractivity contribution is 5.98. The molecule has 1 heterocycles. The number of nitrogens with one attached hydrogen (secondary N) is 3. The van der Waals surface area contributed by atoms with E-state index in [-0.39, 0.29) is 24.0 Å². The van der Waals surface area contributed by atoms with Crippen LogP contribution < -0.4 is 16.0 Å². The molecule has 0 aliphatic heterocycles. The summed E-state index contributed by atoms with van der Waals surface area (Å²) >= 11 is 0. The van der Waals surface area contributed by atoms with E-state index in [4.69, 9.17) is 9.26 Å². The predicted molar refractivity (Wildman–Crippen MR) is 117 cm³/mol. The molecule has 11 heteroatoms. The first-order chi connectivity index (χ1) is 15.5. The lowest BCUT2D eigenvalue weighted by Gasteiger charge is -2.26. The number of hydrogen-bond acceptors (Lipinski definition) is 8. The van der Waals surface area contributed by atoms with Gasteiger partial charge in [0.1, 0.15) is 17.8 Å². The van der Waals surface area contributed by atoms with Crippen LogP contribution in [0.15, 0.2) is 10.6 Å². The van der Waals surface area contributed by atoms with Gasteiger partial charge in [0.05, 0.1) is 19.3 Å². The lowest BCUT2D eigenvalue weighted by molar-refractivity contribution is -0.134. The molecule has 1 aliphatic rings. The maximum Gasteiger partial charge on any atom is 0.274 e. The first-order valence-electron chi connectivity index (χ1n) is 11.0. The fourth-order valence-electron chi connectivity index (χ4n) is 3.35. The van der Waals surface area contributed by atoms with E-state index in [0.29, 0.717) is 12.2 Å². The number of ketones is 1. The highest BCUT2D eigenvalue weighted by atomic mass is 16.5. The molecule has 3 atom stereocenters. The zero-order chi connectivity index (χ0) is 24.8. The number of hydrogen-bond donors (Lipinski definition) is 4. The summed E-state index contributed by atoms with van der Waals surface area (Å²) in [6, 6.07) is -1.75. The normalized spacial score (nSPS) is 17.1. The maximum absolute atomic E-state index is 12.9. The molecule has 33 heavy (non-hydrogen) atoms. The number of amides is 3. The SMILES string of the molecule is COC[C@H](NC(=O)[C@H](CO)NC(=O)c1cc(C)on1)C(=O)N[C@@H](CC(C)C)C(=O)C1(C)CC1. The summed E-state index contributed by atoms with van der Waals surface area (Å²) < 4.78 is 9.89. The molecule has 11 nitrogen and oxygen atoms in total. The average Bonchev–Trinajstić information content (AvgIpc) is 3.35. The Morgan fingerprint density at radius 1 is 1.12 bits per heavy atom. The Hall–Kier alpha value is -2.79. The van der Waals surface area contributed by atoms with Crippen molar-refractivity contribution in [2.75, 3.05) is 20.3 Å². The molecule has 0 aromatic carbocycles. The lowest BCUT2D eigenvalue weighted by Crippen LogP contribution is -2.58. The van der Waals surface area contributed by atoms with Crippen molar-refractivity contribution in [3.05, 3.63) is 17.5 Å². The molecular formula is C22H34N4O7. The zero-order valence-corrected chi connectivity index (χ0v) is 19.8. The summed E-state index contributed by atoms with van der Waals surface area (Å²) in [6.45, 7) is 6.54. The van der Waals surface area contributed by atoms with Crippen LogP contribution in [0, 0.1) is 18.3 Å². The number of carbonyl (C=O) groups excluding carboxylic acids is 4. The molecule has 1 fully saturated rings. The molecular weight excluding hydrogens is 432 g/mol. The van der Waals surface area contributed by atoms with Gasteiger partial charge in [0.15, 0.2) is 11.5 Å². The molecule has 4 N–H and O–H groups in total. The minimum absolute atomic E-state index is 0.0181. The second-order valence-corrected chi connectivity index (χ2v) is 9.16. The Morgan fingerprint density at radius 2 is 1.73 bits per heavy atom. The van der Waals surface area contributed by atoms with Crippen LogP contribution in [-0.4, -0.2) is 72.2 Å². The smallest absolute Gasteiger partial charge is 0.274 e. The van der Waals surface area contributed by atoms with E-state index in [2.05, 4.69) is 21.1 Å². The largest absolute Gasteiger partial charge is 0.394 e. The third-order valence-electron chi connectivity index (χ3n) is 5.57. The number of rotatable bonds is 13. The van der Waals surface area contributed by atoms with Crippen LogP contribution in [0.5, 0.6) is 0 Å². The molecule has 1 aromatic heterocycles. The Bertz CT molecular complexity index is 863. The van der Waals surface area contributed by atoms with Gasteiger partial charge in [-0.05, 0) is 32.1 Å². The number of carbonyl (C=O) groups is 4. The number of Topliss-reactive ketones (excluding diaryl/α,β-unsaturated/α-hetero) is 1. The zero-order valence-electron chi connectivity index (χ0n) is 19.8. The molecule has 1 saturated carbocycles. The van der Waals surface area contributed by atoms with Gasteiger partial charge in [0.2, 0.25) is 11.8 Å². The van der Waals surface area contributed by atoms with Gasteiger partial charge in [0.25, 0.3) is 5.91 Å². The van der Waals surface area contributed by atoms with Crippen LogP contribution in [-0.2, 0) is 19.1 Å². The van der Waals surface area contributed by atoms with Crippen LogP contribution >= 0.6 is 0 Å². The number of aryl methyl sites for hydroxylation is 1. The molecule has 1 aliphatic carbocycles. The summed E-state index contributed by atoms with van der Waals surface area (Å²) in [5.41, 5.74) is -0.466. The Balaban J connectivity index is 2.05. The number of aromatic nitrogens is 1. The third kappa shape index (κ3) is 7.36. The van der Waals surface area contributed by atoms with Crippen molar-refractivity contribution in [2.24, 2.45) is 11.3 Å². The van der Waals surface area contributed by atoms with E-state index in [1.54, 1.807) is 6.92 Å². The minimum Gasteiger partial charge on any atom is -0.394 e. The van der Waals surface area contributed by atoms with Gasteiger partial charge in [-0.15, -0.1) is 0 Å². The lowest BCUT2D eigenvalue weighted by atomic mass is 9.91. The van der Waals surface area contributed by atoms with E-state index in [9.17, 15) is 24.3 Å². The van der Waals surface area contributed by atoms with Crippen LogP contribution in [0.25, 0.3) is 0 Å². The molecule has 1 aromatic rings. The van der Waals surface area contributed by atoms with Gasteiger partial charge >= 0.3 is 0 Å².